The SMILES string of the molecule is CCc1ccccc1C(N)c1ccc2c(c1)CC(C)(C)O2. The standard InChI is InChI=1S/C19H23NO/c1-4-13-7-5-6-8-16(13)18(20)14-9-10-17-15(11-14)12-19(2,3)21-17/h5-11,18H,4,12,20H2,1-3H3. The Balaban J connectivity index is 1.95. The summed E-state index contributed by atoms with van der Waals surface area (Å²) in [5.74, 6) is 1.000. The van der Waals surface area contributed by atoms with Crippen LogP contribution in [-0.4, -0.2) is 5.60 Å². The quantitative estimate of drug-likeness (QED) is 0.922. The number of fused-ring (bicyclic) bond motifs is 1. The van der Waals surface area contributed by atoms with Crippen LogP contribution in [0.2, 0.25) is 0 Å². The molecule has 0 fully saturated rings. The first-order chi connectivity index (χ1) is 10.00. The summed E-state index contributed by atoms with van der Waals surface area (Å²) in [6.07, 6.45) is 1.95. The number of aryl methyl sites for hydroxylation is 1. The molecule has 1 unspecified atom stereocenters. The van der Waals surface area contributed by atoms with Crippen LogP contribution in [0.4, 0.5) is 0 Å². The fourth-order valence-electron chi connectivity index (χ4n) is 3.16. The van der Waals surface area contributed by atoms with Crippen molar-refractivity contribution in [2.75, 3.05) is 0 Å². The number of nitrogens with two attached hydrogens (primary N) is 1. The summed E-state index contributed by atoms with van der Waals surface area (Å²) in [7, 11) is 0. The summed E-state index contributed by atoms with van der Waals surface area (Å²) in [6, 6.07) is 14.7. The average molecular weight is 281 g/mol. The van der Waals surface area contributed by atoms with Crippen molar-refractivity contribution in [3.8, 4) is 5.75 Å². The highest BCUT2D eigenvalue weighted by molar-refractivity contribution is 5.45. The van der Waals surface area contributed by atoms with Gasteiger partial charge >= 0.3 is 0 Å². The molecule has 1 aliphatic rings. The minimum atomic E-state index is -0.105. The van der Waals surface area contributed by atoms with E-state index in [1.165, 1.54) is 16.7 Å². The van der Waals surface area contributed by atoms with Crippen molar-refractivity contribution in [1.82, 2.24) is 0 Å². The fourth-order valence-corrected chi connectivity index (χ4v) is 3.16. The molecule has 1 atom stereocenters. The molecule has 0 radical (unpaired) electrons. The minimum absolute atomic E-state index is 0.0739. The van der Waals surface area contributed by atoms with E-state index in [2.05, 4.69) is 63.2 Å². The van der Waals surface area contributed by atoms with E-state index in [-0.39, 0.29) is 11.6 Å². The second-order valence-corrected chi connectivity index (χ2v) is 6.44. The predicted octanol–water partition coefficient (Wildman–Crippen LogP) is 4.01. The van der Waals surface area contributed by atoms with Gasteiger partial charge < -0.3 is 10.5 Å². The van der Waals surface area contributed by atoms with Crippen LogP contribution in [0.25, 0.3) is 0 Å². The monoisotopic (exact) mass is 281 g/mol. The minimum Gasteiger partial charge on any atom is -0.487 e. The van der Waals surface area contributed by atoms with Crippen molar-refractivity contribution in [2.24, 2.45) is 5.73 Å². The van der Waals surface area contributed by atoms with Gasteiger partial charge in [-0.1, -0.05) is 43.3 Å². The van der Waals surface area contributed by atoms with Gasteiger partial charge in [0.2, 0.25) is 0 Å². The van der Waals surface area contributed by atoms with Crippen molar-refractivity contribution in [1.29, 1.82) is 0 Å². The number of benzene rings is 2. The first kappa shape index (κ1) is 14.2. The molecule has 3 rings (SSSR count). The largest absolute Gasteiger partial charge is 0.487 e. The Kier molecular flexibility index (Phi) is 3.50. The smallest absolute Gasteiger partial charge is 0.123 e. The van der Waals surface area contributed by atoms with Gasteiger partial charge in [0.15, 0.2) is 0 Å². The van der Waals surface area contributed by atoms with Crippen LogP contribution in [0.3, 0.4) is 0 Å². The van der Waals surface area contributed by atoms with Crippen molar-refractivity contribution < 1.29 is 4.74 Å². The molecule has 0 aromatic heterocycles. The molecule has 0 saturated heterocycles. The Labute approximate surface area is 126 Å². The summed E-state index contributed by atoms with van der Waals surface area (Å²) in [4.78, 5) is 0. The molecule has 2 heteroatoms. The van der Waals surface area contributed by atoms with Crippen LogP contribution < -0.4 is 10.5 Å². The average Bonchev–Trinajstić information content (AvgIpc) is 2.79. The van der Waals surface area contributed by atoms with E-state index in [1.807, 2.05) is 0 Å². The zero-order chi connectivity index (χ0) is 15.0. The van der Waals surface area contributed by atoms with Crippen LogP contribution in [0.15, 0.2) is 42.5 Å². The Morgan fingerprint density at radius 3 is 2.71 bits per heavy atom. The predicted molar refractivity (Wildman–Crippen MR) is 86.7 cm³/mol. The zero-order valence-electron chi connectivity index (χ0n) is 13.0. The van der Waals surface area contributed by atoms with E-state index in [4.69, 9.17) is 10.5 Å². The van der Waals surface area contributed by atoms with Crippen LogP contribution in [0.5, 0.6) is 5.75 Å². The molecule has 110 valence electrons. The van der Waals surface area contributed by atoms with E-state index in [1.54, 1.807) is 0 Å². The van der Waals surface area contributed by atoms with E-state index in [0.29, 0.717) is 0 Å². The molecule has 21 heavy (non-hydrogen) atoms. The van der Waals surface area contributed by atoms with Crippen molar-refractivity contribution >= 4 is 0 Å². The zero-order valence-corrected chi connectivity index (χ0v) is 13.0. The third kappa shape index (κ3) is 2.68. The molecule has 2 nitrogen and oxygen atoms in total. The third-order valence-corrected chi connectivity index (χ3v) is 4.22. The Bertz CT molecular complexity index is 660. The van der Waals surface area contributed by atoms with E-state index in [9.17, 15) is 0 Å². The molecule has 2 aromatic carbocycles. The molecule has 0 bridgehead atoms. The molecular weight excluding hydrogens is 258 g/mol. The maximum Gasteiger partial charge on any atom is 0.123 e. The molecule has 1 aliphatic heterocycles. The Morgan fingerprint density at radius 1 is 1.19 bits per heavy atom. The molecule has 2 N–H and O–H groups in total. The number of hydrogen-bond acceptors (Lipinski definition) is 2. The van der Waals surface area contributed by atoms with Gasteiger partial charge in [-0.3, -0.25) is 0 Å². The maximum atomic E-state index is 6.51. The normalized spacial score (nSPS) is 17.1. The lowest BCUT2D eigenvalue weighted by atomic mass is 9.92. The van der Waals surface area contributed by atoms with Gasteiger partial charge in [0, 0.05) is 6.42 Å². The fraction of sp³-hybridized carbons (Fsp3) is 0.368. The van der Waals surface area contributed by atoms with Gasteiger partial charge in [-0.25, -0.2) is 0 Å². The molecule has 1 heterocycles. The summed E-state index contributed by atoms with van der Waals surface area (Å²) in [5, 5.41) is 0. The second-order valence-electron chi connectivity index (χ2n) is 6.44. The summed E-state index contributed by atoms with van der Waals surface area (Å²) in [5.41, 5.74) is 11.4. The third-order valence-electron chi connectivity index (χ3n) is 4.22. The van der Waals surface area contributed by atoms with E-state index < -0.39 is 0 Å². The first-order valence-corrected chi connectivity index (χ1v) is 7.65. The molecular formula is C19H23NO. The second kappa shape index (κ2) is 5.19. The molecule has 0 spiro atoms. The maximum absolute atomic E-state index is 6.51. The van der Waals surface area contributed by atoms with Gasteiger partial charge in [-0.2, -0.15) is 0 Å². The highest BCUT2D eigenvalue weighted by Crippen LogP contribution is 2.37. The lowest BCUT2D eigenvalue weighted by molar-refractivity contribution is 0.138. The lowest BCUT2D eigenvalue weighted by Crippen LogP contribution is -2.24. The van der Waals surface area contributed by atoms with Crippen LogP contribution in [0, 0.1) is 0 Å². The summed E-state index contributed by atoms with van der Waals surface area (Å²) < 4.78 is 5.94. The van der Waals surface area contributed by atoms with Crippen molar-refractivity contribution in [3.63, 3.8) is 0 Å². The van der Waals surface area contributed by atoms with Crippen molar-refractivity contribution in [3.05, 3.63) is 64.7 Å². The number of hydrogen-bond donors (Lipinski definition) is 1. The molecule has 0 aliphatic carbocycles. The summed E-state index contributed by atoms with van der Waals surface area (Å²) >= 11 is 0. The lowest BCUT2D eigenvalue weighted by Gasteiger charge is -2.17. The molecule has 0 saturated carbocycles. The first-order valence-electron chi connectivity index (χ1n) is 7.65. The Hall–Kier alpha value is -1.80. The van der Waals surface area contributed by atoms with Crippen LogP contribution >= 0.6 is 0 Å². The van der Waals surface area contributed by atoms with Gasteiger partial charge in [-0.15, -0.1) is 0 Å². The molecule has 2 aromatic rings. The summed E-state index contributed by atoms with van der Waals surface area (Å²) in [6.45, 7) is 6.42. The van der Waals surface area contributed by atoms with Gasteiger partial charge in [0.1, 0.15) is 11.4 Å². The van der Waals surface area contributed by atoms with E-state index >= 15 is 0 Å². The highest BCUT2D eigenvalue weighted by atomic mass is 16.5. The highest BCUT2D eigenvalue weighted by Gasteiger charge is 2.30. The van der Waals surface area contributed by atoms with Crippen LogP contribution in [-0.2, 0) is 12.8 Å². The van der Waals surface area contributed by atoms with Gasteiger partial charge in [-0.05, 0) is 48.6 Å². The Morgan fingerprint density at radius 2 is 1.95 bits per heavy atom. The number of rotatable bonds is 3. The molecule has 0 amide bonds. The van der Waals surface area contributed by atoms with Gasteiger partial charge in [0.25, 0.3) is 0 Å². The van der Waals surface area contributed by atoms with E-state index in [0.717, 1.165) is 24.2 Å². The number of ether oxygens (including phenoxy) is 1. The van der Waals surface area contributed by atoms with Crippen LogP contribution in [0.1, 0.15) is 49.1 Å². The van der Waals surface area contributed by atoms with Gasteiger partial charge in [0.05, 0.1) is 6.04 Å². The topological polar surface area (TPSA) is 35.2 Å². The van der Waals surface area contributed by atoms with Crippen molar-refractivity contribution in [2.45, 2.75) is 45.3 Å².